The molecule has 1 spiro atoms. The molecule has 1 aromatic rings. The molecular formula is C25H32N4O6S. The molecule has 36 heavy (non-hydrogen) atoms. The zero-order chi connectivity index (χ0) is 26.3. The molecular weight excluding hydrogens is 484 g/mol. The lowest BCUT2D eigenvalue weighted by Crippen LogP contribution is -2.61. The average molecular weight is 517 g/mol. The van der Waals surface area contributed by atoms with Crippen LogP contribution in [-0.2, 0) is 19.6 Å². The fraction of sp³-hybridized carbons (Fsp3) is 0.520. The van der Waals surface area contributed by atoms with Crippen molar-refractivity contribution in [3.05, 3.63) is 41.6 Å². The second kappa shape index (κ2) is 9.44. The molecule has 1 unspecified atom stereocenters. The summed E-state index contributed by atoms with van der Waals surface area (Å²) in [6.07, 6.45) is 4.32. The van der Waals surface area contributed by atoms with Crippen molar-refractivity contribution in [2.75, 3.05) is 13.1 Å². The van der Waals surface area contributed by atoms with Gasteiger partial charge < -0.3 is 15.0 Å². The molecule has 3 aliphatic rings. The van der Waals surface area contributed by atoms with Crippen molar-refractivity contribution >= 4 is 34.0 Å². The fourth-order valence-corrected chi connectivity index (χ4v) is 6.70. The van der Waals surface area contributed by atoms with Crippen molar-refractivity contribution in [3.63, 3.8) is 0 Å². The first-order chi connectivity index (χ1) is 16.8. The summed E-state index contributed by atoms with van der Waals surface area (Å²) in [7, 11) is -4.15. The van der Waals surface area contributed by atoms with Gasteiger partial charge in [0.15, 0.2) is 5.78 Å². The van der Waals surface area contributed by atoms with Gasteiger partial charge in [0.05, 0.1) is 4.90 Å². The van der Waals surface area contributed by atoms with Crippen molar-refractivity contribution in [3.8, 4) is 0 Å². The Labute approximate surface area is 211 Å². The van der Waals surface area contributed by atoms with Gasteiger partial charge in [-0.1, -0.05) is 18.2 Å². The number of likely N-dealkylation sites (tertiary alicyclic amines) is 1. The highest BCUT2D eigenvalue weighted by Crippen LogP contribution is 2.40. The van der Waals surface area contributed by atoms with Gasteiger partial charge in [-0.05, 0) is 39.8 Å². The Morgan fingerprint density at radius 1 is 1.17 bits per heavy atom. The Balaban J connectivity index is 1.67. The summed E-state index contributed by atoms with van der Waals surface area (Å²) in [4.78, 5) is 43.3. The van der Waals surface area contributed by atoms with Gasteiger partial charge in [0, 0.05) is 56.2 Å². The van der Waals surface area contributed by atoms with Crippen molar-refractivity contribution in [2.24, 2.45) is 4.99 Å². The zero-order valence-corrected chi connectivity index (χ0v) is 21.8. The number of ketones is 1. The topological polar surface area (TPSA) is 125 Å². The molecule has 10 nitrogen and oxygen atoms in total. The lowest BCUT2D eigenvalue weighted by Gasteiger charge is -2.44. The van der Waals surface area contributed by atoms with Crippen LogP contribution in [0.15, 0.2) is 45.9 Å². The minimum Gasteiger partial charge on any atom is -0.444 e. The minimum atomic E-state index is -4.15. The fourth-order valence-electron chi connectivity index (χ4n) is 4.80. The molecule has 0 saturated carbocycles. The molecule has 1 aromatic carbocycles. The number of carbonyl (C=O) groups excluding carboxylic acids is 3. The number of piperidine rings is 1. The van der Waals surface area contributed by atoms with E-state index in [0.29, 0.717) is 17.7 Å². The molecule has 11 heteroatoms. The van der Waals surface area contributed by atoms with Gasteiger partial charge >= 0.3 is 6.09 Å². The summed E-state index contributed by atoms with van der Waals surface area (Å²) in [5.74, 6) is -0.570. The molecule has 2 fully saturated rings. The first kappa shape index (κ1) is 26.0. The van der Waals surface area contributed by atoms with E-state index in [0.717, 1.165) is 0 Å². The number of allylic oxidation sites excluding steroid dienone is 1. The number of rotatable bonds is 5. The molecule has 4 rings (SSSR count). The number of carbonyl (C=O) groups is 3. The molecule has 3 heterocycles. The Hall–Kier alpha value is -3.05. The standard InChI is InChI=1S/C25H32N4O6S/c1-17(30)18-7-9-20(10-8-18)36(33,34)29-21(16-19-6-5-13-26-19)22(31)27-25(29)11-14-28(15-12-25)23(32)35-24(2,3)4/h6-10,13,21H,5,11-12,14-16H2,1-4H3,(H,27,31). The van der Waals surface area contributed by atoms with Crippen LogP contribution < -0.4 is 5.32 Å². The number of ether oxygens (including phenoxy) is 1. The SMILES string of the molecule is CC(=O)c1ccc(S(=O)(=O)N2C(CC3=CCC=N3)C(=O)NC23CCN(C(=O)OC(C)(C)C)CC3)cc1. The van der Waals surface area contributed by atoms with E-state index in [1.165, 1.54) is 40.4 Å². The first-order valence-corrected chi connectivity index (χ1v) is 13.4. The highest BCUT2D eigenvalue weighted by Gasteiger charge is 2.58. The van der Waals surface area contributed by atoms with Crippen molar-refractivity contribution in [1.29, 1.82) is 0 Å². The van der Waals surface area contributed by atoms with Gasteiger partial charge in [-0.25, -0.2) is 13.2 Å². The summed E-state index contributed by atoms with van der Waals surface area (Å²) in [5, 5.41) is 2.95. The Kier molecular flexibility index (Phi) is 6.82. The van der Waals surface area contributed by atoms with Gasteiger partial charge in [0.1, 0.15) is 17.3 Å². The Bertz CT molecular complexity index is 1220. The lowest BCUT2D eigenvalue weighted by atomic mass is 9.97. The van der Waals surface area contributed by atoms with E-state index in [1.54, 1.807) is 27.0 Å². The molecule has 0 aromatic heterocycles. The molecule has 0 bridgehead atoms. The average Bonchev–Trinajstić information content (AvgIpc) is 3.40. The number of nitrogens with one attached hydrogen (secondary N) is 1. The molecule has 1 atom stereocenters. The normalized spacial score (nSPS) is 22.0. The maximum Gasteiger partial charge on any atom is 0.410 e. The van der Waals surface area contributed by atoms with E-state index in [9.17, 15) is 22.8 Å². The molecule has 3 aliphatic heterocycles. The van der Waals surface area contributed by atoms with E-state index in [-0.39, 0.29) is 43.0 Å². The summed E-state index contributed by atoms with van der Waals surface area (Å²) >= 11 is 0. The van der Waals surface area contributed by atoms with Gasteiger partial charge in [0.2, 0.25) is 15.9 Å². The maximum absolute atomic E-state index is 14.0. The summed E-state index contributed by atoms with van der Waals surface area (Å²) in [6.45, 7) is 7.19. The first-order valence-electron chi connectivity index (χ1n) is 12.0. The second-order valence-corrected chi connectivity index (χ2v) is 12.1. The summed E-state index contributed by atoms with van der Waals surface area (Å²) < 4.78 is 34.8. The number of Topliss-reactive ketones (excluding diaryl/α,β-unsaturated/α-hetero) is 1. The molecule has 0 radical (unpaired) electrons. The van der Waals surface area contributed by atoms with Crippen molar-refractivity contribution in [2.45, 2.75) is 75.6 Å². The van der Waals surface area contributed by atoms with E-state index < -0.39 is 39.3 Å². The van der Waals surface area contributed by atoms with Crippen LogP contribution in [0.1, 0.15) is 63.7 Å². The quantitative estimate of drug-likeness (QED) is 0.600. The number of benzene rings is 1. The minimum absolute atomic E-state index is 0.00755. The van der Waals surface area contributed by atoms with E-state index in [1.807, 2.05) is 6.08 Å². The smallest absolute Gasteiger partial charge is 0.410 e. The molecule has 194 valence electrons. The molecule has 2 saturated heterocycles. The number of nitrogens with zero attached hydrogens (tertiary/aromatic N) is 3. The van der Waals surface area contributed by atoms with Crippen LogP contribution in [0.4, 0.5) is 4.79 Å². The summed E-state index contributed by atoms with van der Waals surface area (Å²) in [6, 6.07) is 4.73. The number of sulfonamides is 1. The Morgan fingerprint density at radius 2 is 1.81 bits per heavy atom. The number of aliphatic imine (C=N–C) groups is 1. The molecule has 0 aliphatic carbocycles. The van der Waals surface area contributed by atoms with Crippen molar-refractivity contribution < 1.29 is 27.5 Å². The lowest BCUT2D eigenvalue weighted by molar-refractivity contribution is -0.121. The second-order valence-electron chi connectivity index (χ2n) is 10.3. The van der Waals surface area contributed by atoms with Crippen LogP contribution in [-0.4, -0.2) is 72.0 Å². The van der Waals surface area contributed by atoms with Crippen LogP contribution in [0.25, 0.3) is 0 Å². The van der Waals surface area contributed by atoms with Crippen molar-refractivity contribution in [1.82, 2.24) is 14.5 Å². The van der Waals surface area contributed by atoms with Crippen LogP contribution in [0.2, 0.25) is 0 Å². The maximum atomic E-state index is 14.0. The van der Waals surface area contributed by atoms with Gasteiger partial charge in [-0.15, -0.1) is 0 Å². The third-order valence-electron chi connectivity index (χ3n) is 6.54. The largest absolute Gasteiger partial charge is 0.444 e. The van der Waals surface area contributed by atoms with Gasteiger partial charge in [-0.3, -0.25) is 14.6 Å². The van der Waals surface area contributed by atoms with E-state index in [4.69, 9.17) is 4.74 Å². The Morgan fingerprint density at radius 3 is 2.33 bits per heavy atom. The van der Waals surface area contributed by atoms with E-state index in [2.05, 4.69) is 10.3 Å². The van der Waals surface area contributed by atoms with Crippen LogP contribution in [0.3, 0.4) is 0 Å². The highest BCUT2D eigenvalue weighted by molar-refractivity contribution is 7.89. The van der Waals surface area contributed by atoms with Crippen LogP contribution in [0, 0.1) is 0 Å². The number of amides is 2. The third kappa shape index (κ3) is 5.08. The van der Waals surface area contributed by atoms with E-state index >= 15 is 0 Å². The number of hydrogen-bond donors (Lipinski definition) is 1. The monoisotopic (exact) mass is 516 g/mol. The van der Waals surface area contributed by atoms with Crippen LogP contribution in [0.5, 0.6) is 0 Å². The van der Waals surface area contributed by atoms with Gasteiger partial charge in [0.25, 0.3) is 0 Å². The highest BCUT2D eigenvalue weighted by atomic mass is 32.2. The predicted molar refractivity (Wildman–Crippen MR) is 133 cm³/mol. The zero-order valence-electron chi connectivity index (χ0n) is 21.0. The van der Waals surface area contributed by atoms with Crippen LogP contribution >= 0.6 is 0 Å². The predicted octanol–water partition coefficient (Wildman–Crippen LogP) is 2.85. The third-order valence-corrected chi connectivity index (χ3v) is 8.53. The molecule has 2 amide bonds. The van der Waals surface area contributed by atoms with Gasteiger partial charge in [-0.2, -0.15) is 4.31 Å². The summed E-state index contributed by atoms with van der Waals surface area (Å²) in [5.41, 5.74) is -0.797. The number of hydrogen-bond acceptors (Lipinski definition) is 7. The molecule has 1 N–H and O–H groups in total.